The molecule has 0 amide bonds. The lowest BCUT2D eigenvalue weighted by Crippen LogP contribution is -2.07. The monoisotopic (exact) mass is 359 g/mol. The zero-order chi connectivity index (χ0) is 18.1. The fraction of sp³-hybridized carbons (Fsp3) is 0.278. The Morgan fingerprint density at radius 2 is 2.04 bits per heavy atom. The number of ether oxygens (including phenoxy) is 1. The van der Waals surface area contributed by atoms with Gasteiger partial charge in [0.2, 0.25) is 0 Å². The molecule has 1 aromatic carbocycles. The molecule has 3 aromatic rings. The molecular formula is C18H18ClN3O3. The summed E-state index contributed by atoms with van der Waals surface area (Å²) in [5, 5.41) is 9.84. The van der Waals surface area contributed by atoms with Crippen molar-refractivity contribution in [3.05, 3.63) is 51.9 Å². The molecule has 0 spiro atoms. The first kappa shape index (κ1) is 17.2. The number of hydrogen-bond donors (Lipinski definition) is 1. The van der Waals surface area contributed by atoms with Crippen molar-refractivity contribution in [3.63, 3.8) is 0 Å². The second-order valence-corrected chi connectivity index (χ2v) is 6.14. The first-order valence-corrected chi connectivity index (χ1v) is 8.27. The maximum absolute atomic E-state index is 11.3. The molecule has 7 heteroatoms. The van der Waals surface area contributed by atoms with Crippen LogP contribution in [0.3, 0.4) is 0 Å². The molecule has 2 heterocycles. The van der Waals surface area contributed by atoms with Crippen LogP contribution in [0.2, 0.25) is 5.02 Å². The summed E-state index contributed by atoms with van der Waals surface area (Å²) in [4.78, 5) is 20.1. The van der Waals surface area contributed by atoms with E-state index in [0.29, 0.717) is 35.1 Å². The van der Waals surface area contributed by atoms with Gasteiger partial charge in [-0.05, 0) is 50.1 Å². The van der Waals surface area contributed by atoms with Crippen LogP contribution < -0.4 is 4.74 Å². The first-order valence-electron chi connectivity index (χ1n) is 7.89. The Bertz CT molecular complexity index is 966. The van der Waals surface area contributed by atoms with Crippen LogP contribution in [0, 0.1) is 13.8 Å². The van der Waals surface area contributed by atoms with E-state index in [4.69, 9.17) is 16.3 Å². The third-order valence-corrected chi connectivity index (χ3v) is 4.32. The minimum atomic E-state index is -1.06. The number of imidazole rings is 1. The van der Waals surface area contributed by atoms with Crippen molar-refractivity contribution in [3.8, 4) is 5.75 Å². The number of rotatable bonds is 5. The number of aryl methyl sites for hydroxylation is 2. The molecule has 6 nitrogen and oxygen atoms in total. The van der Waals surface area contributed by atoms with Crippen LogP contribution in [0.15, 0.2) is 24.3 Å². The molecule has 0 aliphatic carbocycles. The fourth-order valence-corrected chi connectivity index (χ4v) is 2.96. The smallest absolute Gasteiger partial charge is 0.354 e. The predicted octanol–water partition coefficient (Wildman–Crippen LogP) is 3.85. The Hall–Kier alpha value is -2.60. The molecule has 0 saturated heterocycles. The van der Waals surface area contributed by atoms with Gasteiger partial charge in [0.25, 0.3) is 0 Å². The van der Waals surface area contributed by atoms with Crippen LogP contribution in [0.25, 0.3) is 11.2 Å². The van der Waals surface area contributed by atoms with Gasteiger partial charge in [-0.2, -0.15) is 0 Å². The van der Waals surface area contributed by atoms with Crippen molar-refractivity contribution in [1.82, 2.24) is 14.5 Å². The van der Waals surface area contributed by atoms with Gasteiger partial charge in [-0.3, -0.25) is 0 Å². The van der Waals surface area contributed by atoms with E-state index in [0.717, 1.165) is 17.0 Å². The van der Waals surface area contributed by atoms with Crippen molar-refractivity contribution in [1.29, 1.82) is 0 Å². The maximum Gasteiger partial charge on any atom is 0.354 e. The largest absolute Gasteiger partial charge is 0.494 e. The van der Waals surface area contributed by atoms with Gasteiger partial charge in [-0.1, -0.05) is 17.7 Å². The molecule has 0 aliphatic rings. The van der Waals surface area contributed by atoms with Crippen LogP contribution in [0.4, 0.5) is 0 Å². The van der Waals surface area contributed by atoms with E-state index in [9.17, 15) is 9.90 Å². The lowest BCUT2D eigenvalue weighted by molar-refractivity contribution is 0.0690. The summed E-state index contributed by atoms with van der Waals surface area (Å²) in [6.07, 6.45) is 0. The zero-order valence-electron chi connectivity index (χ0n) is 14.2. The Morgan fingerprint density at radius 3 is 2.68 bits per heavy atom. The van der Waals surface area contributed by atoms with Crippen LogP contribution in [0.1, 0.15) is 34.4 Å². The Labute approximate surface area is 150 Å². The molecule has 0 unspecified atom stereocenters. The second kappa shape index (κ2) is 6.72. The van der Waals surface area contributed by atoms with E-state index in [1.54, 1.807) is 6.07 Å². The number of fused-ring (bicyclic) bond motifs is 1. The molecule has 25 heavy (non-hydrogen) atoms. The summed E-state index contributed by atoms with van der Waals surface area (Å²) < 4.78 is 7.32. The summed E-state index contributed by atoms with van der Waals surface area (Å²) in [6, 6.07) is 7.06. The molecule has 0 saturated carbocycles. The fourth-order valence-electron chi connectivity index (χ4n) is 2.73. The number of hydrogen-bond acceptors (Lipinski definition) is 4. The molecule has 0 radical (unpaired) electrons. The van der Waals surface area contributed by atoms with Crippen molar-refractivity contribution < 1.29 is 14.6 Å². The third kappa shape index (κ3) is 3.30. The van der Waals surface area contributed by atoms with Gasteiger partial charge in [-0.25, -0.2) is 14.8 Å². The van der Waals surface area contributed by atoms with Gasteiger partial charge in [0, 0.05) is 5.02 Å². The number of nitrogens with zero attached hydrogens (tertiary/aromatic N) is 3. The topological polar surface area (TPSA) is 77.2 Å². The van der Waals surface area contributed by atoms with E-state index in [2.05, 4.69) is 9.97 Å². The molecule has 0 bridgehead atoms. The summed E-state index contributed by atoms with van der Waals surface area (Å²) in [7, 11) is 0. The molecule has 0 aliphatic heterocycles. The third-order valence-electron chi connectivity index (χ3n) is 3.97. The van der Waals surface area contributed by atoms with Gasteiger partial charge in [0.05, 0.1) is 13.2 Å². The Balaban J connectivity index is 2.07. The van der Waals surface area contributed by atoms with E-state index in [1.807, 2.05) is 37.5 Å². The van der Waals surface area contributed by atoms with Gasteiger partial charge in [0.1, 0.15) is 17.1 Å². The summed E-state index contributed by atoms with van der Waals surface area (Å²) in [5.74, 6) is 0.401. The predicted molar refractivity (Wildman–Crippen MR) is 95.7 cm³/mol. The van der Waals surface area contributed by atoms with Crippen LogP contribution in [-0.4, -0.2) is 32.2 Å². The van der Waals surface area contributed by atoms with Gasteiger partial charge < -0.3 is 14.4 Å². The molecule has 0 atom stereocenters. The molecule has 130 valence electrons. The molecule has 1 N–H and O–H groups in total. The van der Waals surface area contributed by atoms with Gasteiger partial charge >= 0.3 is 5.97 Å². The normalized spacial score (nSPS) is 11.0. The standard InChI is InChI=1S/C18H18ClN3O3/c1-4-25-13-6-5-12(14(19)8-13)9-22-11(3)20-16-10(2)7-15(18(23)24)21-17(16)22/h5-8H,4,9H2,1-3H3,(H,23,24). The number of carboxylic acid groups (broad SMARTS) is 1. The lowest BCUT2D eigenvalue weighted by atomic mass is 10.2. The summed E-state index contributed by atoms with van der Waals surface area (Å²) in [6.45, 7) is 6.63. The number of aromatic nitrogens is 3. The minimum absolute atomic E-state index is 0.00365. The van der Waals surface area contributed by atoms with E-state index < -0.39 is 5.97 Å². The van der Waals surface area contributed by atoms with Crippen molar-refractivity contribution in [2.45, 2.75) is 27.3 Å². The average molecular weight is 360 g/mol. The SMILES string of the molecule is CCOc1ccc(Cn2c(C)nc3c(C)cc(C(=O)O)nc32)c(Cl)c1. The van der Waals surface area contributed by atoms with Crippen molar-refractivity contribution in [2.75, 3.05) is 6.61 Å². The lowest BCUT2D eigenvalue weighted by Gasteiger charge is -2.11. The van der Waals surface area contributed by atoms with Gasteiger partial charge in [-0.15, -0.1) is 0 Å². The summed E-state index contributed by atoms with van der Waals surface area (Å²) >= 11 is 6.37. The molecule has 2 aromatic heterocycles. The maximum atomic E-state index is 11.3. The zero-order valence-corrected chi connectivity index (χ0v) is 15.0. The molecule has 0 fully saturated rings. The highest BCUT2D eigenvalue weighted by atomic mass is 35.5. The van der Waals surface area contributed by atoms with Crippen molar-refractivity contribution >= 4 is 28.7 Å². The van der Waals surface area contributed by atoms with E-state index in [1.165, 1.54) is 6.07 Å². The minimum Gasteiger partial charge on any atom is -0.494 e. The van der Waals surface area contributed by atoms with Crippen molar-refractivity contribution in [2.24, 2.45) is 0 Å². The highest BCUT2D eigenvalue weighted by molar-refractivity contribution is 6.31. The van der Waals surface area contributed by atoms with E-state index in [-0.39, 0.29) is 5.69 Å². The van der Waals surface area contributed by atoms with E-state index >= 15 is 0 Å². The summed E-state index contributed by atoms with van der Waals surface area (Å²) in [5.41, 5.74) is 2.91. The second-order valence-electron chi connectivity index (χ2n) is 5.73. The van der Waals surface area contributed by atoms with Gasteiger partial charge in [0.15, 0.2) is 11.3 Å². The quantitative estimate of drug-likeness (QED) is 0.748. The average Bonchev–Trinajstić information content (AvgIpc) is 2.87. The highest BCUT2D eigenvalue weighted by Gasteiger charge is 2.16. The molecule has 3 rings (SSSR count). The number of carbonyl (C=O) groups is 1. The number of halogens is 1. The number of carboxylic acids is 1. The first-order chi connectivity index (χ1) is 11.9. The Kier molecular flexibility index (Phi) is 4.63. The van der Waals surface area contributed by atoms with Crippen LogP contribution in [-0.2, 0) is 6.54 Å². The van der Waals surface area contributed by atoms with Crippen LogP contribution in [0.5, 0.6) is 5.75 Å². The highest BCUT2D eigenvalue weighted by Crippen LogP contribution is 2.26. The van der Waals surface area contributed by atoms with Crippen LogP contribution >= 0.6 is 11.6 Å². The number of benzene rings is 1. The Morgan fingerprint density at radius 1 is 1.28 bits per heavy atom. The number of pyridine rings is 1. The number of aromatic carboxylic acids is 1. The molecular weight excluding hydrogens is 342 g/mol.